The van der Waals surface area contributed by atoms with Crippen LogP contribution in [0.3, 0.4) is 0 Å². The summed E-state index contributed by atoms with van der Waals surface area (Å²) < 4.78 is 31.8. The first-order valence-corrected chi connectivity index (χ1v) is 7.54. The highest BCUT2D eigenvalue weighted by atomic mass is 35.5. The van der Waals surface area contributed by atoms with Gasteiger partial charge in [0, 0.05) is 6.54 Å². The molecule has 1 fully saturated rings. The standard InChI is InChI=1S/C17H14ClF2NO2/c18-15-9-13(20)5-6-14(15)17(22)21-7-8-23-16(10-21)11-1-3-12(19)4-2-11/h1-6,9,16H,7-8,10H2. The normalized spacial score (nSPS) is 18.0. The van der Waals surface area contributed by atoms with Crippen molar-refractivity contribution in [3.63, 3.8) is 0 Å². The van der Waals surface area contributed by atoms with Gasteiger partial charge in [0.05, 0.1) is 23.7 Å². The molecule has 23 heavy (non-hydrogen) atoms. The molecule has 1 heterocycles. The molecule has 0 aliphatic carbocycles. The molecule has 2 aromatic carbocycles. The van der Waals surface area contributed by atoms with Gasteiger partial charge in [-0.1, -0.05) is 23.7 Å². The fraction of sp³-hybridized carbons (Fsp3) is 0.235. The molecule has 1 aliphatic heterocycles. The summed E-state index contributed by atoms with van der Waals surface area (Å²) in [6.45, 7) is 1.12. The van der Waals surface area contributed by atoms with Crippen molar-refractivity contribution >= 4 is 17.5 Å². The molecule has 0 aromatic heterocycles. The maximum Gasteiger partial charge on any atom is 0.255 e. The lowest BCUT2D eigenvalue weighted by molar-refractivity contribution is -0.0228. The minimum atomic E-state index is -0.488. The quantitative estimate of drug-likeness (QED) is 0.833. The first-order valence-electron chi connectivity index (χ1n) is 7.16. The van der Waals surface area contributed by atoms with Crippen LogP contribution in [0.1, 0.15) is 22.0 Å². The molecular formula is C17H14ClF2NO2. The van der Waals surface area contributed by atoms with Gasteiger partial charge in [-0.25, -0.2) is 8.78 Å². The van der Waals surface area contributed by atoms with Crippen LogP contribution in [0.25, 0.3) is 0 Å². The molecule has 3 nitrogen and oxygen atoms in total. The molecule has 0 bridgehead atoms. The van der Waals surface area contributed by atoms with Crippen LogP contribution < -0.4 is 0 Å². The van der Waals surface area contributed by atoms with Crippen LogP contribution in [0.4, 0.5) is 8.78 Å². The van der Waals surface area contributed by atoms with Crippen molar-refractivity contribution in [1.29, 1.82) is 0 Å². The smallest absolute Gasteiger partial charge is 0.255 e. The molecule has 1 saturated heterocycles. The fourth-order valence-corrected chi connectivity index (χ4v) is 2.79. The molecule has 1 atom stereocenters. The Balaban J connectivity index is 1.77. The molecule has 1 unspecified atom stereocenters. The van der Waals surface area contributed by atoms with Gasteiger partial charge in [-0.3, -0.25) is 4.79 Å². The Bertz CT molecular complexity index is 721. The van der Waals surface area contributed by atoms with Crippen molar-refractivity contribution in [2.45, 2.75) is 6.10 Å². The molecule has 3 rings (SSSR count). The van der Waals surface area contributed by atoms with Crippen LogP contribution in [0.5, 0.6) is 0 Å². The topological polar surface area (TPSA) is 29.5 Å². The summed E-state index contributed by atoms with van der Waals surface area (Å²) in [5.41, 5.74) is 1.06. The van der Waals surface area contributed by atoms with Crippen molar-refractivity contribution in [3.8, 4) is 0 Å². The van der Waals surface area contributed by atoms with Crippen LogP contribution in [0, 0.1) is 11.6 Å². The average molecular weight is 338 g/mol. The van der Waals surface area contributed by atoms with E-state index >= 15 is 0 Å². The van der Waals surface area contributed by atoms with Crippen molar-refractivity contribution in [3.05, 3.63) is 70.2 Å². The predicted octanol–water partition coefficient (Wildman–Crippen LogP) is 3.83. The van der Waals surface area contributed by atoms with Crippen LogP contribution in [0.2, 0.25) is 5.02 Å². The van der Waals surface area contributed by atoms with Crippen LogP contribution >= 0.6 is 11.6 Å². The number of carbonyl (C=O) groups is 1. The Morgan fingerprint density at radius 1 is 1.13 bits per heavy atom. The predicted molar refractivity (Wildman–Crippen MR) is 82.4 cm³/mol. The maximum atomic E-state index is 13.1. The van der Waals surface area contributed by atoms with E-state index < -0.39 is 5.82 Å². The number of nitrogens with zero attached hydrogens (tertiary/aromatic N) is 1. The number of benzene rings is 2. The van der Waals surface area contributed by atoms with Gasteiger partial charge in [0.15, 0.2) is 0 Å². The fourth-order valence-electron chi connectivity index (χ4n) is 2.55. The summed E-state index contributed by atoms with van der Waals surface area (Å²) in [4.78, 5) is 14.2. The van der Waals surface area contributed by atoms with Gasteiger partial charge in [-0.05, 0) is 35.9 Å². The monoisotopic (exact) mass is 337 g/mol. The van der Waals surface area contributed by atoms with Gasteiger partial charge >= 0.3 is 0 Å². The zero-order valence-electron chi connectivity index (χ0n) is 12.1. The summed E-state index contributed by atoms with van der Waals surface area (Å²) in [7, 11) is 0. The van der Waals surface area contributed by atoms with Crippen LogP contribution in [0.15, 0.2) is 42.5 Å². The van der Waals surface area contributed by atoms with Gasteiger partial charge in [0.1, 0.15) is 17.7 Å². The number of amides is 1. The third-order valence-corrected chi connectivity index (χ3v) is 4.07. The average Bonchev–Trinajstić information content (AvgIpc) is 2.55. The van der Waals surface area contributed by atoms with Crippen LogP contribution in [-0.4, -0.2) is 30.5 Å². The van der Waals surface area contributed by atoms with E-state index in [1.807, 2.05) is 0 Å². The van der Waals surface area contributed by atoms with Crippen molar-refractivity contribution in [2.75, 3.05) is 19.7 Å². The molecule has 0 saturated carbocycles. The summed E-state index contributed by atoms with van der Waals surface area (Å²) in [6, 6.07) is 9.69. The lowest BCUT2D eigenvalue weighted by Crippen LogP contribution is -2.42. The Kier molecular flexibility index (Phi) is 4.59. The molecule has 120 valence electrons. The first-order chi connectivity index (χ1) is 11.0. The second-order valence-electron chi connectivity index (χ2n) is 5.29. The molecule has 6 heteroatoms. The van der Waals surface area contributed by atoms with Gasteiger partial charge < -0.3 is 9.64 Å². The Morgan fingerprint density at radius 3 is 2.52 bits per heavy atom. The second-order valence-corrected chi connectivity index (χ2v) is 5.69. The number of rotatable bonds is 2. The molecule has 1 amide bonds. The van der Waals surface area contributed by atoms with E-state index in [4.69, 9.17) is 16.3 Å². The molecule has 2 aromatic rings. The molecule has 0 N–H and O–H groups in total. The molecule has 1 aliphatic rings. The Labute approximate surface area is 137 Å². The molecule has 0 spiro atoms. The van der Waals surface area contributed by atoms with Gasteiger partial charge in [0.2, 0.25) is 0 Å². The minimum absolute atomic E-state index is 0.0832. The zero-order valence-corrected chi connectivity index (χ0v) is 12.9. The van der Waals surface area contributed by atoms with E-state index in [1.54, 1.807) is 17.0 Å². The van der Waals surface area contributed by atoms with Gasteiger partial charge in [-0.2, -0.15) is 0 Å². The second kappa shape index (κ2) is 6.64. The summed E-state index contributed by atoms with van der Waals surface area (Å²) in [5, 5.41) is 0.0832. The highest BCUT2D eigenvalue weighted by Gasteiger charge is 2.27. The summed E-state index contributed by atoms with van der Waals surface area (Å²) in [5.74, 6) is -1.08. The SMILES string of the molecule is O=C(c1ccc(F)cc1Cl)N1CCOC(c2ccc(F)cc2)C1. The number of hydrogen-bond acceptors (Lipinski definition) is 2. The van der Waals surface area contributed by atoms with Gasteiger partial charge in [-0.15, -0.1) is 0 Å². The lowest BCUT2D eigenvalue weighted by atomic mass is 10.1. The van der Waals surface area contributed by atoms with E-state index in [1.165, 1.54) is 24.3 Å². The Hall–Kier alpha value is -1.98. The van der Waals surface area contributed by atoms with E-state index in [-0.39, 0.29) is 28.4 Å². The largest absolute Gasteiger partial charge is 0.370 e. The van der Waals surface area contributed by atoms with E-state index in [0.29, 0.717) is 19.7 Å². The summed E-state index contributed by atoms with van der Waals surface area (Å²) >= 11 is 5.95. The third-order valence-electron chi connectivity index (χ3n) is 3.76. The maximum absolute atomic E-state index is 13.1. The Morgan fingerprint density at radius 2 is 1.83 bits per heavy atom. The molecule has 0 radical (unpaired) electrons. The zero-order chi connectivity index (χ0) is 16.4. The molecular weight excluding hydrogens is 324 g/mol. The highest BCUT2D eigenvalue weighted by Crippen LogP contribution is 2.25. The number of morpholine rings is 1. The first kappa shape index (κ1) is 15.9. The van der Waals surface area contributed by atoms with Crippen molar-refractivity contribution in [1.82, 2.24) is 4.90 Å². The number of halogens is 3. The van der Waals surface area contributed by atoms with Crippen molar-refractivity contribution in [2.24, 2.45) is 0 Å². The van der Waals surface area contributed by atoms with E-state index in [0.717, 1.165) is 11.6 Å². The number of carbonyl (C=O) groups excluding carboxylic acids is 1. The minimum Gasteiger partial charge on any atom is -0.370 e. The van der Waals surface area contributed by atoms with Gasteiger partial charge in [0.25, 0.3) is 5.91 Å². The number of hydrogen-bond donors (Lipinski definition) is 0. The highest BCUT2D eigenvalue weighted by molar-refractivity contribution is 6.33. The van der Waals surface area contributed by atoms with E-state index in [2.05, 4.69) is 0 Å². The number of ether oxygens (including phenoxy) is 1. The van der Waals surface area contributed by atoms with Crippen molar-refractivity contribution < 1.29 is 18.3 Å². The van der Waals surface area contributed by atoms with E-state index in [9.17, 15) is 13.6 Å². The lowest BCUT2D eigenvalue weighted by Gasteiger charge is -2.33. The van der Waals surface area contributed by atoms with Crippen LogP contribution in [-0.2, 0) is 4.74 Å². The third kappa shape index (κ3) is 3.51. The summed E-state index contributed by atoms with van der Waals surface area (Å²) in [6.07, 6.45) is -0.326.